The van der Waals surface area contributed by atoms with Crippen molar-refractivity contribution >= 4 is 34.8 Å². The molecule has 3 rings (SSSR count). The van der Waals surface area contributed by atoms with Gasteiger partial charge in [0, 0.05) is 55.0 Å². The Hall–Kier alpha value is -2.60. The molecular formula is C17H17ClN4O2. The highest BCUT2D eigenvalue weighted by molar-refractivity contribution is 6.39. The van der Waals surface area contributed by atoms with Crippen LogP contribution in [0, 0.1) is 0 Å². The van der Waals surface area contributed by atoms with Crippen LogP contribution in [0.1, 0.15) is 0 Å². The Morgan fingerprint density at radius 1 is 0.958 bits per heavy atom. The van der Waals surface area contributed by atoms with Gasteiger partial charge in [-0.05, 0) is 36.4 Å². The van der Waals surface area contributed by atoms with E-state index in [1.165, 1.54) is 0 Å². The quantitative estimate of drug-likeness (QED) is 0.846. The molecule has 1 aromatic carbocycles. The van der Waals surface area contributed by atoms with Gasteiger partial charge >= 0.3 is 11.8 Å². The zero-order valence-electron chi connectivity index (χ0n) is 13.0. The Morgan fingerprint density at radius 2 is 1.58 bits per heavy atom. The molecule has 1 aliphatic rings. The first-order valence-electron chi connectivity index (χ1n) is 7.64. The van der Waals surface area contributed by atoms with Gasteiger partial charge in [-0.3, -0.25) is 14.6 Å². The Balaban J connectivity index is 1.55. The predicted octanol–water partition coefficient (Wildman–Crippen LogP) is 2.02. The summed E-state index contributed by atoms with van der Waals surface area (Å²) >= 11 is 5.90. The lowest BCUT2D eigenvalue weighted by Gasteiger charge is -2.35. The normalized spacial score (nSPS) is 14.4. The maximum Gasteiger partial charge on any atom is 0.313 e. The SMILES string of the molecule is O=C(Nc1ccncc1)C(=O)N1CCN(c2ccc(Cl)cc2)CC1. The van der Waals surface area contributed by atoms with E-state index in [-0.39, 0.29) is 0 Å². The molecular weight excluding hydrogens is 328 g/mol. The third-order valence-electron chi connectivity index (χ3n) is 3.89. The van der Waals surface area contributed by atoms with Crippen molar-refractivity contribution in [2.45, 2.75) is 0 Å². The number of anilines is 2. The van der Waals surface area contributed by atoms with Crippen molar-refractivity contribution in [1.82, 2.24) is 9.88 Å². The first-order valence-corrected chi connectivity index (χ1v) is 8.02. The van der Waals surface area contributed by atoms with E-state index in [9.17, 15) is 9.59 Å². The highest BCUT2D eigenvalue weighted by Gasteiger charge is 2.26. The van der Waals surface area contributed by atoms with Gasteiger partial charge in [-0.2, -0.15) is 0 Å². The Morgan fingerprint density at radius 3 is 2.21 bits per heavy atom. The van der Waals surface area contributed by atoms with Gasteiger partial charge in [-0.1, -0.05) is 11.6 Å². The van der Waals surface area contributed by atoms with Gasteiger partial charge in [0.05, 0.1) is 0 Å². The van der Waals surface area contributed by atoms with Crippen LogP contribution in [0.15, 0.2) is 48.8 Å². The zero-order chi connectivity index (χ0) is 16.9. The lowest BCUT2D eigenvalue weighted by Crippen LogP contribution is -2.51. The lowest BCUT2D eigenvalue weighted by atomic mass is 10.2. The van der Waals surface area contributed by atoms with Crippen LogP contribution in [0.4, 0.5) is 11.4 Å². The molecule has 1 N–H and O–H groups in total. The fourth-order valence-electron chi connectivity index (χ4n) is 2.58. The van der Waals surface area contributed by atoms with Crippen molar-refractivity contribution in [3.8, 4) is 0 Å². The second-order valence-corrected chi connectivity index (χ2v) is 5.88. The second kappa shape index (κ2) is 7.31. The number of halogens is 1. The molecule has 2 heterocycles. The molecule has 124 valence electrons. The number of nitrogens with zero attached hydrogens (tertiary/aromatic N) is 3. The molecule has 0 radical (unpaired) electrons. The number of carbonyl (C=O) groups is 2. The summed E-state index contributed by atoms with van der Waals surface area (Å²) in [5.74, 6) is -1.14. The fourth-order valence-corrected chi connectivity index (χ4v) is 2.71. The third kappa shape index (κ3) is 3.83. The molecule has 6 nitrogen and oxygen atoms in total. The summed E-state index contributed by atoms with van der Waals surface area (Å²) in [5, 5.41) is 3.28. The predicted molar refractivity (Wildman–Crippen MR) is 93.1 cm³/mol. The van der Waals surface area contributed by atoms with Crippen LogP contribution in [0.2, 0.25) is 5.02 Å². The Labute approximate surface area is 145 Å². The van der Waals surface area contributed by atoms with Gasteiger partial charge in [-0.25, -0.2) is 0 Å². The standard InChI is InChI=1S/C17H17ClN4O2/c18-13-1-3-15(4-2-13)21-9-11-22(12-10-21)17(24)16(23)20-14-5-7-19-8-6-14/h1-8H,9-12H2,(H,19,20,23). The molecule has 2 amide bonds. The molecule has 0 unspecified atom stereocenters. The van der Waals surface area contributed by atoms with Gasteiger partial charge in [0.2, 0.25) is 0 Å². The summed E-state index contributed by atoms with van der Waals surface area (Å²) in [6.45, 7) is 2.36. The van der Waals surface area contributed by atoms with Crippen LogP contribution in [0.5, 0.6) is 0 Å². The Bertz CT molecular complexity index is 713. The van der Waals surface area contributed by atoms with Crippen LogP contribution < -0.4 is 10.2 Å². The number of rotatable bonds is 2. The van der Waals surface area contributed by atoms with E-state index in [1.807, 2.05) is 24.3 Å². The number of amides is 2. The largest absolute Gasteiger partial charge is 0.368 e. The monoisotopic (exact) mass is 344 g/mol. The van der Waals surface area contributed by atoms with Crippen molar-refractivity contribution in [2.75, 3.05) is 36.4 Å². The number of pyridine rings is 1. The van der Waals surface area contributed by atoms with E-state index in [0.29, 0.717) is 36.9 Å². The van der Waals surface area contributed by atoms with E-state index in [0.717, 1.165) is 5.69 Å². The second-order valence-electron chi connectivity index (χ2n) is 5.45. The molecule has 1 fully saturated rings. The van der Waals surface area contributed by atoms with Gasteiger partial charge in [-0.15, -0.1) is 0 Å². The molecule has 1 saturated heterocycles. The lowest BCUT2D eigenvalue weighted by molar-refractivity contribution is -0.143. The topological polar surface area (TPSA) is 65.5 Å². The number of hydrogen-bond acceptors (Lipinski definition) is 4. The summed E-state index contributed by atoms with van der Waals surface area (Å²) in [5.41, 5.74) is 1.62. The van der Waals surface area contributed by atoms with Gasteiger partial charge in [0.1, 0.15) is 0 Å². The van der Waals surface area contributed by atoms with E-state index in [1.54, 1.807) is 29.4 Å². The minimum absolute atomic E-state index is 0.505. The first-order chi connectivity index (χ1) is 11.6. The zero-order valence-corrected chi connectivity index (χ0v) is 13.7. The van der Waals surface area contributed by atoms with E-state index in [4.69, 9.17) is 11.6 Å². The maximum absolute atomic E-state index is 12.3. The number of nitrogens with one attached hydrogen (secondary N) is 1. The van der Waals surface area contributed by atoms with E-state index < -0.39 is 11.8 Å². The van der Waals surface area contributed by atoms with Crippen molar-refractivity contribution in [1.29, 1.82) is 0 Å². The van der Waals surface area contributed by atoms with Crippen molar-refractivity contribution < 1.29 is 9.59 Å². The molecule has 7 heteroatoms. The number of aromatic nitrogens is 1. The number of hydrogen-bond donors (Lipinski definition) is 1. The molecule has 0 aliphatic carbocycles. The third-order valence-corrected chi connectivity index (χ3v) is 4.14. The van der Waals surface area contributed by atoms with Crippen LogP contribution in [0.25, 0.3) is 0 Å². The highest BCUT2D eigenvalue weighted by Crippen LogP contribution is 2.19. The first kappa shape index (κ1) is 16.3. The van der Waals surface area contributed by atoms with Crippen molar-refractivity contribution in [3.05, 3.63) is 53.8 Å². The molecule has 0 bridgehead atoms. The number of piperazine rings is 1. The van der Waals surface area contributed by atoms with Crippen LogP contribution in [0.3, 0.4) is 0 Å². The smallest absolute Gasteiger partial charge is 0.313 e. The summed E-state index contributed by atoms with van der Waals surface area (Å²) in [6, 6.07) is 10.9. The van der Waals surface area contributed by atoms with Crippen molar-refractivity contribution in [3.63, 3.8) is 0 Å². The summed E-state index contributed by atoms with van der Waals surface area (Å²) < 4.78 is 0. The molecule has 0 saturated carbocycles. The molecule has 1 aliphatic heterocycles. The van der Waals surface area contributed by atoms with E-state index >= 15 is 0 Å². The average molecular weight is 345 g/mol. The molecule has 0 atom stereocenters. The van der Waals surface area contributed by atoms with Gasteiger partial charge < -0.3 is 15.1 Å². The van der Waals surface area contributed by atoms with Crippen molar-refractivity contribution in [2.24, 2.45) is 0 Å². The summed E-state index contributed by atoms with van der Waals surface area (Å²) in [4.78, 5) is 31.9. The minimum Gasteiger partial charge on any atom is -0.368 e. The van der Waals surface area contributed by atoms with Gasteiger partial charge in [0.15, 0.2) is 0 Å². The summed E-state index contributed by atoms with van der Waals surface area (Å²) in [7, 11) is 0. The average Bonchev–Trinajstić information content (AvgIpc) is 2.63. The number of carbonyl (C=O) groups excluding carboxylic acids is 2. The molecule has 0 spiro atoms. The highest BCUT2D eigenvalue weighted by atomic mass is 35.5. The van der Waals surface area contributed by atoms with Crippen LogP contribution in [-0.4, -0.2) is 47.9 Å². The summed E-state index contributed by atoms with van der Waals surface area (Å²) in [6.07, 6.45) is 3.12. The minimum atomic E-state index is -0.624. The fraction of sp³-hybridized carbons (Fsp3) is 0.235. The maximum atomic E-state index is 12.3. The van der Waals surface area contributed by atoms with E-state index in [2.05, 4.69) is 15.2 Å². The van der Waals surface area contributed by atoms with Gasteiger partial charge in [0.25, 0.3) is 0 Å². The van der Waals surface area contributed by atoms with Crippen LogP contribution in [-0.2, 0) is 9.59 Å². The Kier molecular flexibility index (Phi) is 4.96. The molecule has 24 heavy (non-hydrogen) atoms. The molecule has 1 aromatic heterocycles. The van der Waals surface area contributed by atoms with Crippen LogP contribution >= 0.6 is 11.6 Å². The number of benzene rings is 1. The molecule has 2 aromatic rings.